The van der Waals surface area contributed by atoms with Crippen LogP contribution in [-0.2, 0) is 11.3 Å². The monoisotopic (exact) mass is 284 g/mol. The van der Waals surface area contributed by atoms with E-state index in [0.29, 0.717) is 12.1 Å². The lowest BCUT2D eigenvalue weighted by atomic mass is 9.64. The Bertz CT molecular complexity index is 651. The largest absolute Gasteiger partial charge is 0.398 e. The van der Waals surface area contributed by atoms with Crippen LogP contribution in [0.4, 0.5) is 5.69 Å². The molecule has 2 aromatic rings. The van der Waals surface area contributed by atoms with Crippen molar-refractivity contribution in [3.05, 3.63) is 42.0 Å². The van der Waals surface area contributed by atoms with Crippen LogP contribution in [0, 0.1) is 5.41 Å². The molecule has 2 unspecified atom stereocenters. The molecular weight excluding hydrogens is 260 g/mol. The van der Waals surface area contributed by atoms with Gasteiger partial charge in [-0.3, -0.25) is 0 Å². The average molecular weight is 284 g/mol. The SMILES string of the molecule is COC1CC(NCc2cc3ccccc3cc2N)C1(C)C. The summed E-state index contributed by atoms with van der Waals surface area (Å²) < 4.78 is 5.50. The Morgan fingerprint density at radius 3 is 2.52 bits per heavy atom. The zero-order valence-corrected chi connectivity index (χ0v) is 13.0. The van der Waals surface area contributed by atoms with E-state index in [1.807, 2.05) is 6.07 Å². The summed E-state index contributed by atoms with van der Waals surface area (Å²) in [6, 6.07) is 13.1. The third kappa shape index (κ3) is 2.52. The number of hydrogen-bond donors (Lipinski definition) is 2. The average Bonchev–Trinajstić information content (AvgIpc) is 2.46. The van der Waals surface area contributed by atoms with Gasteiger partial charge in [0.05, 0.1) is 6.10 Å². The van der Waals surface area contributed by atoms with E-state index >= 15 is 0 Å². The van der Waals surface area contributed by atoms with Crippen molar-refractivity contribution in [1.29, 1.82) is 0 Å². The van der Waals surface area contributed by atoms with Gasteiger partial charge in [0, 0.05) is 30.8 Å². The van der Waals surface area contributed by atoms with E-state index in [4.69, 9.17) is 10.5 Å². The quantitative estimate of drug-likeness (QED) is 0.847. The number of hydrogen-bond acceptors (Lipinski definition) is 3. The van der Waals surface area contributed by atoms with E-state index in [9.17, 15) is 0 Å². The van der Waals surface area contributed by atoms with Gasteiger partial charge in [0.25, 0.3) is 0 Å². The molecule has 3 rings (SSSR count). The van der Waals surface area contributed by atoms with E-state index in [-0.39, 0.29) is 5.41 Å². The number of rotatable bonds is 4. The molecule has 1 aliphatic rings. The molecule has 0 amide bonds. The topological polar surface area (TPSA) is 47.3 Å². The zero-order chi connectivity index (χ0) is 15.0. The van der Waals surface area contributed by atoms with Crippen LogP contribution >= 0.6 is 0 Å². The van der Waals surface area contributed by atoms with E-state index in [2.05, 4.69) is 49.5 Å². The third-order valence-corrected chi connectivity index (χ3v) is 5.01. The number of methoxy groups -OCH3 is 1. The minimum absolute atomic E-state index is 0.181. The lowest BCUT2D eigenvalue weighted by Crippen LogP contribution is -2.60. The van der Waals surface area contributed by atoms with Gasteiger partial charge in [-0.2, -0.15) is 0 Å². The van der Waals surface area contributed by atoms with Crippen LogP contribution in [0.15, 0.2) is 36.4 Å². The highest BCUT2D eigenvalue weighted by molar-refractivity contribution is 5.86. The molecule has 1 saturated carbocycles. The molecule has 1 fully saturated rings. The molecule has 3 nitrogen and oxygen atoms in total. The molecule has 0 aliphatic heterocycles. The maximum atomic E-state index is 6.19. The Hall–Kier alpha value is -1.58. The summed E-state index contributed by atoms with van der Waals surface area (Å²) in [5, 5.41) is 6.07. The van der Waals surface area contributed by atoms with E-state index in [1.165, 1.54) is 16.3 Å². The van der Waals surface area contributed by atoms with E-state index in [1.54, 1.807) is 7.11 Å². The fourth-order valence-electron chi connectivity index (χ4n) is 3.32. The van der Waals surface area contributed by atoms with E-state index in [0.717, 1.165) is 18.7 Å². The number of anilines is 1. The predicted molar refractivity (Wildman–Crippen MR) is 88.2 cm³/mol. The normalized spacial score (nSPS) is 24.0. The fourth-order valence-corrected chi connectivity index (χ4v) is 3.32. The molecule has 1 aliphatic carbocycles. The standard InChI is InChI=1S/C18H24N2O/c1-18(2)16(10-17(18)21-3)20-11-14-8-12-6-4-5-7-13(12)9-15(14)19/h4-9,16-17,20H,10-11,19H2,1-3H3. The maximum absolute atomic E-state index is 6.19. The Kier molecular flexibility index (Phi) is 3.64. The van der Waals surface area contributed by atoms with Crippen molar-refractivity contribution in [3.8, 4) is 0 Å². The molecule has 0 bridgehead atoms. The summed E-state index contributed by atoms with van der Waals surface area (Å²) in [7, 11) is 1.80. The molecule has 3 N–H and O–H groups in total. The van der Waals surface area contributed by atoms with Crippen molar-refractivity contribution >= 4 is 16.5 Å². The van der Waals surface area contributed by atoms with Gasteiger partial charge in [0.2, 0.25) is 0 Å². The van der Waals surface area contributed by atoms with Gasteiger partial charge in [-0.1, -0.05) is 38.1 Å². The van der Waals surface area contributed by atoms with Crippen molar-refractivity contribution < 1.29 is 4.74 Å². The molecular formula is C18H24N2O. The lowest BCUT2D eigenvalue weighted by Gasteiger charge is -2.51. The second-order valence-electron chi connectivity index (χ2n) is 6.61. The fraction of sp³-hybridized carbons (Fsp3) is 0.444. The molecule has 0 aromatic heterocycles. The Labute approximate surface area is 126 Å². The molecule has 2 aromatic carbocycles. The lowest BCUT2D eigenvalue weighted by molar-refractivity contribution is -0.0978. The minimum Gasteiger partial charge on any atom is -0.398 e. The predicted octanol–water partition coefficient (Wildman–Crippen LogP) is 3.33. The van der Waals surface area contributed by atoms with Gasteiger partial charge in [-0.25, -0.2) is 0 Å². The summed E-state index contributed by atoms with van der Waals surface area (Å²) >= 11 is 0. The molecule has 0 saturated heterocycles. The van der Waals surface area contributed by atoms with Gasteiger partial charge in [0.1, 0.15) is 0 Å². The number of ether oxygens (including phenoxy) is 1. The first-order valence-corrected chi connectivity index (χ1v) is 7.55. The van der Waals surface area contributed by atoms with Crippen LogP contribution in [-0.4, -0.2) is 19.3 Å². The summed E-state index contributed by atoms with van der Waals surface area (Å²) in [5.74, 6) is 0. The molecule has 21 heavy (non-hydrogen) atoms. The number of benzene rings is 2. The number of fused-ring (bicyclic) bond motifs is 1. The molecule has 3 heteroatoms. The highest BCUT2D eigenvalue weighted by Gasteiger charge is 2.48. The molecule has 0 heterocycles. The van der Waals surface area contributed by atoms with Gasteiger partial charge in [0.15, 0.2) is 0 Å². The second kappa shape index (κ2) is 5.32. The summed E-state index contributed by atoms with van der Waals surface area (Å²) in [5.41, 5.74) is 8.40. The second-order valence-corrected chi connectivity index (χ2v) is 6.61. The molecule has 0 spiro atoms. The van der Waals surface area contributed by atoms with Crippen LogP contribution in [0.25, 0.3) is 10.8 Å². The van der Waals surface area contributed by atoms with E-state index < -0.39 is 0 Å². The highest BCUT2D eigenvalue weighted by atomic mass is 16.5. The molecule has 112 valence electrons. The van der Waals surface area contributed by atoms with Crippen LogP contribution in [0.3, 0.4) is 0 Å². The van der Waals surface area contributed by atoms with Crippen molar-refractivity contribution in [1.82, 2.24) is 5.32 Å². The van der Waals surface area contributed by atoms with Gasteiger partial charge < -0.3 is 15.8 Å². The summed E-state index contributed by atoms with van der Waals surface area (Å²) in [4.78, 5) is 0. The molecule has 0 radical (unpaired) electrons. The Morgan fingerprint density at radius 2 is 1.90 bits per heavy atom. The van der Waals surface area contributed by atoms with Crippen molar-refractivity contribution in [2.24, 2.45) is 5.41 Å². The van der Waals surface area contributed by atoms with Crippen LogP contribution in [0.2, 0.25) is 0 Å². The first-order chi connectivity index (χ1) is 10.0. The van der Waals surface area contributed by atoms with Crippen molar-refractivity contribution in [2.75, 3.05) is 12.8 Å². The van der Waals surface area contributed by atoms with Crippen molar-refractivity contribution in [3.63, 3.8) is 0 Å². The minimum atomic E-state index is 0.181. The smallest absolute Gasteiger partial charge is 0.0652 e. The van der Waals surface area contributed by atoms with Crippen LogP contribution in [0.5, 0.6) is 0 Å². The highest BCUT2D eigenvalue weighted by Crippen LogP contribution is 2.42. The summed E-state index contributed by atoms with van der Waals surface area (Å²) in [6.45, 7) is 5.32. The first-order valence-electron chi connectivity index (χ1n) is 7.55. The number of nitrogens with two attached hydrogens (primary N) is 1. The third-order valence-electron chi connectivity index (χ3n) is 5.01. The maximum Gasteiger partial charge on any atom is 0.0652 e. The summed E-state index contributed by atoms with van der Waals surface area (Å²) in [6.07, 6.45) is 1.42. The van der Waals surface area contributed by atoms with Gasteiger partial charge in [-0.05, 0) is 34.9 Å². The van der Waals surface area contributed by atoms with Crippen LogP contribution in [0.1, 0.15) is 25.8 Å². The first kappa shape index (κ1) is 14.4. The van der Waals surface area contributed by atoms with Gasteiger partial charge >= 0.3 is 0 Å². The van der Waals surface area contributed by atoms with Gasteiger partial charge in [-0.15, -0.1) is 0 Å². The van der Waals surface area contributed by atoms with Crippen LogP contribution < -0.4 is 11.1 Å². The zero-order valence-electron chi connectivity index (χ0n) is 13.0. The number of nitrogens with one attached hydrogen (secondary N) is 1. The number of nitrogen functional groups attached to an aromatic ring is 1. The Balaban J connectivity index is 1.73. The Morgan fingerprint density at radius 1 is 1.24 bits per heavy atom. The molecule has 2 atom stereocenters. The van der Waals surface area contributed by atoms with Crippen molar-refractivity contribution in [2.45, 2.75) is 39.0 Å².